The van der Waals surface area contributed by atoms with Gasteiger partial charge in [-0.3, -0.25) is 0 Å². The highest BCUT2D eigenvalue weighted by atomic mass is 19.1. The zero-order valence-electron chi connectivity index (χ0n) is 10.9. The molecule has 1 radical (unpaired) electrons. The van der Waals surface area contributed by atoms with E-state index in [0.717, 1.165) is 22.4 Å². The van der Waals surface area contributed by atoms with Gasteiger partial charge in [0.2, 0.25) is 0 Å². The van der Waals surface area contributed by atoms with E-state index in [1.54, 1.807) is 12.1 Å². The fourth-order valence-electron chi connectivity index (χ4n) is 2.33. The van der Waals surface area contributed by atoms with Crippen LogP contribution in [0.1, 0.15) is 25.0 Å². The number of rotatable bonds is 1. The highest BCUT2D eigenvalue weighted by Gasteiger charge is 2.26. The van der Waals surface area contributed by atoms with Gasteiger partial charge in [-0.1, -0.05) is 24.3 Å². The first-order valence-electron chi connectivity index (χ1n) is 6.23. The Bertz CT molecular complexity index is 639. The highest BCUT2D eigenvalue weighted by molar-refractivity contribution is 5.84. The molecule has 1 aliphatic rings. The molecule has 0 aromatic heterocycles. The average Bonchev–Trinajstić information content (AvgIpc) is 2.37. The summed E-state index contributed by atoms with van der Waals surface area (Å²) in [7, 11) is 0. The number of halogens is 1. The molecular weight excluding hydrogens is 239 g/mol. The standard InChI is InChI=1S/C17H14FO/c1-17(2)11-15(12-7-9-13(18)10-8-12)14-5-3-4-6-16(14)19-17/h3,5-11H,1-2H3. The summed E-state index contributed by atoms with van der Waals surface area (Å²) in [6, 6.07) is 15.2. The third kappa shape index (κ3) is 2.26. The van der Waals surface area contributed by atoms with Crippen molar-refractivity contribution >= 4 is 5.57 Å². The highest BCUT2D eigenvalue weighted by Crippen LogP contribution is 2.38. The predicted molar refractivity (Wildman–Crippen MR) is 73.5 cm³/mol. The van der Waals surface area contributed by atoms with Crippen molar-refractivity contribution in [3.05, 3.63) is 71.6 Å². The number of hydrogen-bond donors (Lipinski definition) is 0. The van der Waals surface area contributed by atoms with E-state index in [-0.39, 0.29) is 11.4 Å². The molecule has 1 aliphatic heterocycles. The summed E-state index contributed by atoms with van der Waals surface area (Å²) in [4.78, 5) is 0. The first kappa shape index (κ1) is 12.0. The van der Waals surface area contributed by atoms with Crippen molar-refractivity contribution in [2.75, 3.05) is 0 Å². The Morgan fingerprint density at radius 3 is 2.58 bits per heavy atom. The summed E-state index contributed by atoms with van der Waals surface area (Å²) in [5.74, 6) is 0.589. The van der Waals surface area contributed by atoms with Crippen LogP contribution in [0.15, 0.2) is 48.5 Å². The monoisotopic (exact) mass is 253 g/mol. The molecule has 0 bridgehead atoms. The molecule has 0 spiro atoms. The van der Waals surface area contributed by atoms with Gasteiger partial charge in [-0.2, -0.15) is 0 Å². The van der Waals surface area contributed by atoms with Gasteiger partial charge in [-0.25, -0.2) is 4.39 Å². The summed E-state index contributed by atoms with van der Waals surface area (Å²) < 4.78 is 19.0. The van der Waals surface area contributed by atoms with E-state index < -0.39 is 0 Å². The van der Waals surface area contributed by atoms with Crippen LogP contribution in [0, 0.1) is 11.9 Å². The Kier molecular flexibility index (Phi) is 2.67. The molecule has 2 heteroatoms. The molecule has 0 aliphatic carbocycles. The number of fused-ring (bicyclic) bond motifs is 1. The number of benzene rings is 2. The second kappa shape index (κ2) is 4.23. The van der Waals surface area contributed by atoms with Gasteiger partial charge in [-0.15, -0.1) is 0 Å². The maximum absolute atomic E-state index is 13.1. The molecule has 19 heavy (non-hydrogen) atoms. The fourth-order valence-corrected chi connectivity index (χ4v) is 2.33. The Morgan fingerprint density at radius 2 is 1.84 bits per heavy atom. The Morgan fingerprint density at radius 1 is 1.11 bits per heavy atom. The molecule has 1 nitrogen and oxygen atoms in total. The van der Waals surface area contributed by atoms with E-state index in [1.807, 2.05) is 32.0 Å². The lowest BCUT2D eigenvalue weighted by Gasteiger charge is -2.31. The van der Waals surface area contributed by atoms with E-state index in [4.69, 9.17) is 4.74 Å². The summed E-state index contributed by atoms with van der Waals surface area (Å²) >= 11 is 0. The van der Waals surface area contributed by atoms with Gasteiger partial charge in [0.15, 0.2) is 0 Å². The van der Waals surface area contributed by atoms with Crippen LogP contribution in [0.5, 0.6) is 5.75 Å². The molecule has 0 saturated carbocycles. The molecule has 0 unspecified atom stereocenters. The van der Waals surface area contributed by atoms with Crippen LogP contribution < -0.4 is 4.74 Å². The molecule has 2 aromatic rings. The summed E-state index contributed by atoms with van der Waals surface area (Å²) in [6.07, 6.45) is 2.07. The van der Waals surface area contributed by atoms with E-state index in [0.29, 0.717) is 0 Å². The molecule has 0 N–H and O–H groups in total. The Hall–Kier alpha value is -2.09. The molecule has 0 amide bonds. The van der Waals surface area contributed by atoms with E-state index in [1.165, 1.54) is 12.1 Å². The van der Waals surface area contributed by atoms with Gasteiger partial charge >= 0.3 is 0 Å². The lowest BCUT2D eigenvalue weighted by atomic mass is 9.90. The summed E-state index contributed by atoms with van der Waals surface area (Å²) in [5.41, 5.74) is 2.70. The van der Waals surface area contributed by atoms with E-state index in [9.17, 15) is 4.39 Å². The average molecular weight is 253 g/mol. The summed E-state index contributed by atoms with van der Waals surface area (Å²) in [6.45, 7) is 4.01. The molecule has 0 saturated heterocycles. The lowest BCUT2D eigenvalue weighted by Crippen LogP contribution is -2.29. The van der Waals surface area contributed by atoms with Crippen molar-refractivity contribution in [3.63, 3.8) is 0 Å². The van der Waals surface area contributed by atoms with Crippen LogP contribution in [-0.4, -0.2) is 5.60 Å². The Balaban J connectivity index is 2.17. The van der Waals surface area contributed by atoms with Crippen molar-refractivity contribution in [1.82, 2.24) is 0 Å². The summed E-state index contributed by atoms with van der Waals surface area (Å²) in [5, 5.41) is 0. The second-order valence-electron chi connectivity index (χ2n) is 5.19. The van der Waals surface area contributed by atoms with Crippen molar-refractivity contribution in [2.45, 2.75) is 19.4 Å². The van der Waals surface area contributed by atoms with Crippen LogP contribution in [0.2, 0.25) is 0 Å². The normalized spacial score (nSPS) is 16.3. The van der Waals surface area contributed by atoms with Crippen molar-refractivity contribution < 1.29 is 9.13 Å². The second-order valence-corrected chi connectivity index (χ2v) is 5.19. The van der Waals surface area contributed by atoms with Gasteiger partial charge < -0.3 is 4.74 Å². The topological polar surface area (TPSA) is 9.23 Å². The predicted octanol–water partition coefficient (Wildman–Crippen LogP) is 4.23. The lowest BCUT2D eigenvalue weighted by molar-refractivity contribution is 0.158. The van der Waals surface area contributed by atoms with Crippen LogP contribution in [0.25, 0.3) is 5.57 Å². The minimum absolute atomic E-state index is 0.225. The van der Waals surface area contributed by atoms with Crippen LogP contribution in [0.4, 0.5) is 4.39 Å². The van der Waals surface area contributed by atoms with Crippen LogP contribution in [-0.2, 0) is 0 Å². The van der Waals surface area contributed by atoms with Gasteiger partial charge in [0.1, 0.15) is 17.2 Å². The van der Waals surface area contributed by atoms with E-state index in [2.05, 4.69) is 12.1 Å². The third-order valence-electron chi connectivity index (χ3n) is 3.14. The molecule has 0 fully saturated rings. The fraction of sp³-hybridized carbons (Fsp3) is 0.176. The zero-order valence-corrected chi connectivity index (χ0v) is 10.9. The first-order chi connectivity index (χ1) is 9.05. The minimum atomic E-state index is -0.383. The van der Waals surface area contributed by atoms with Gasteiger partial charge in [0.05, 0.1) is 0 Å². The number of ether oxygens (including phenoxy) is 1. The Labute approximate surface area is 112 Å². The maximum atomic E-state index is 13.1. The van der Waals surface area contributed by atoms with Crippen molar-refractivity contribution in [2.24, 2.45) is 0 Å². The van der Waals surface area contributed by atoms with Gasteiger partial charge in [-0.05, 0) is 55.3 Å². The van der Waals surface area contributed by atoms with Gasteiger partial charge in [0.25, 0.3) is 0 Å². The SMILES string of the molecule is CC1(C)C=C(c2ccc(F)cc2)c2cc[c]cc2O1. The maximum Gasteiger partial charge on any atom is 0.129 e. The van der Waals surface area contributed by atoms with Crippen LogP contribution in [0.3, 0.4) is 0 Å². The first-order valence-corrected chi connectivity index (χ1v) is 6.23. The number of hydrogen-bond acceptors (Lipinski definition) is 1. The molecule has 95 valence electrons. The smallest absolute Gasteiger partial charge is 0.129 e. The molecule has 3 rings (SSSR count). The molecule has 0 atom stereocenters. The quantitative estimate of drug-likeness (QED) is 0.739. The third-order valence-corrected chi connectivity index (χ3v) is 3.14. The van der Waals surface area contributed by atoms with Crippen LogP contribution >= 0.6 is 0 Å². The molecule has 2 aromatic carbocycles. The van der Waals surface area contributed by atoms with Crippen molar-refractivity contribution in [1.29, 1.82) is 0 Å². The molecule has 1 heterocycles. The van der Waals surface area contributed by atoms with Crippen molar-refractivity contribution in [3.8, 4) is 5.75 Å². The minimum Gasteiger partial charge on any atom is -0.483 e. The largest absolute Gasteiger partial charge is 0.483 e. The van der Waals surface area contributed by atoms with Gasteiger partial charge in [0, 0.05) is 5.56 Å². The zero-order chi connectivity index (χ0) is 13.5. The molecular formula is C17H14FO. The van der Waals surface area contributed by atoms with E-state index >= 15 is 0 Å².